The fraction of sp³-hybridized carbons (Fsp3) is 0.308. The molecule has 1 rings (SSSR count). The highest BCUT2D eigenvalue weighted by molar-refractivity contribution is 6.18. The minimum atomic E-state index is -2.65. The number of benzene rings is 1. The molecule has 20 heavy (non-hydrogen) atoms. The number of hydrogen-bond acceptors (Lipinski definition) is 5. The predicted octanol–water partition coefficient (Wildman–Crippen LogP) is 0.439. The van der Waals surface area contributed by atoms with E-state index in [4.69, 9.17) is 9.84 Å². The molecule has 0 unspecified atom stereocenters. The number of carboxylic acid groups (broad SMARTS) is 2. The van der Waals surface area contributed by atoms with Crippen molar-refractivity contribution >= 4 is 17.7 Å². The zero-order chi connectivity index (χ0) is 15.3. The van der Waals surface area contributed by atoms with E-state index in [2.05, 4.69) is 4.74 Å². The number of Topliss-reactive ketones (excluding diaryl/α,β-unsaturated/α-hetero) is 1. The van der Waals surface area contributed by atoms with Crippen molar-refractivity contribution in [3.05, 3.63) is 35.9 Å². The molecule has 0 aromatic heterocycles. The number of ether oxygens (including phenoxy) is 2. The van der Waals surface area contributed by atoms with Crippen LogP contribution in [0.2, 0.25) is 0 Å². The van der Waals surface area contributed by atoms with Gasteiger partial charge in [-0.3, -0.25) is 4.79 Å². The van der Waals surface area contributed by atoms with Crippen LogP contribution in [0.15, 0.2) is 30.3 Å². The van der Waals surface area contributed by atoms with Crippen molar-refractivity contribution in [3.8, 4) is 0 Å². The summed E-state index contributed by atoms with van der Waals surface area (Å²) in [7, 11) is 1.94. The van der Waals surface area contributed by atoms with Crippen LogP contribution in [0.3, 0.4) is 0 Å². The van der Waals surface area contributed by atoms with Gasteiger partial charge in [-0.15, -0.1) is 0 Å². The van der Waals surface area contributed by atoms with E-state index in [1.807, 2.05) is 0 Å². The van der Waals surface area contributed by atoms with Gasteiger partial charge in [0.15, 0.2) is 0 Å². The molecule has 0 saturated heterocycles. The van der Waals surface area contributed by atoms with Crippen molar-refractivity contribution < 1.29 is 34.1 Å². The average Bonchev–Trinajstić information content (AvgIpc) is 2.44. The lowest BCUT2D eigenvalue weighted by Crippen LogP contribution is -2.60. The van der Waals surface area contributed by atoms with Crippen molar-refractivity contribution in [2.45, 2.75) is 11.7 Å². The smallest absolute Gasteiger partial charge is 0.347 e. The molecule has 0 amide bonds. The molecular formula is C13H14O7. The minimum Gasteiger partial charge on any atom is -0.479 e. The van der Waals surface area contributed by atoms with Gasteiger partial charge in [0.1, 0.15) is 0 Å². The monoisotopic (exact) mass is 282 g/mol. The lowest BCUT2D eigenvalue weighted by Gasteiger charge is -2.30. The highest BCUT2D eigenvalue weighted by Gasteiger charge is 2.57. The molecule has 0 radical (unpaired) electrons. The number of methoxy groups -OCH3 is 2. The zero-order valence-corrected chi connectivity index (χ0v) is 10.9. The molecule has 0 fully saturated rings. The van der Waals surface area contributed by atoms with E-state index in [-0.39, 0.29) is 5.56 Å². The first kappa shape index (κ1) is 15.8. The van der Waals surface area contributed by atoms with Gasteiger partial charge in [0.05, 0.1) is 0 Å². The summed E-state index contributed by atoms with van der Waals surface area (Å²) in [4.78, 5) is 35.0. The molecule has 0 aliphatic heterocycles. The molecule has 108 valence electrons. The van der Waals surface area contributed by atoms with Crippen LogP contribution in [0, 0.1) is 0 Å². The molecule has 0 bridgehead atoms. The number of carbonyl (C=O) groups excluding carboxylic acids is 1. The molecule has 2 atom stereocenters. The Labute approximate surface area is 114 Å². The second kappa shape index (κ2) is 6.27. The molecule has 0 heterocycles. The lowest BCUT2D eigenvalue weighted by molar-refractivity contribution is -0.182. The SMILES string of the molecule is CO[C@@H](C(=O)O)[C@@](OC)(C(=O)O)C(=O)c1ccccc1. The predicted molar refractivity (Wildman–Crippen MR) is 66.6 cm³/mol. The summed E-state index contributed by atoms with van der Waals surface area (Å²) in [5, 5.41) is 18.4. The molecule has 1 aromatic carbocycles. The number of carboxylic acids is 2. The van der Waals surface area contributed by atoms with Crippen molar-refractivity contribution in [2.75, 3.05) is 14.2 Å². The number of rotatable bonds is 7. The standard InChI is InChI=1S/C13H14O7/c1-19-10(11(15)16)13(20-2,12(17)18)9(14)8-6-4-3-5-7-8/h3-7,10H,1-2H3,(H,15,16)(H,17,18)/t10-,13+/m0/s1. The van der Waals surface area contributed by atoms with Crippen molar-refractivity contribution in [1.82, 2.24) is 0 Å². The average molecular weight is 282 g/mol. The Morgan fingerprint density at radius 1 is 1.10 bits per heavy atom. The van der Waals surface area contributed by atoms with E-state index in [1.54, 1.807) is 6.07 Å². The van der Waals surface area contributed by atoms with Crippen molar-refractivity contribution in [2.24, 2.45) is 0 Å². The van der Waals surface area contributed by atoms with Gasteiger partial charge in [-0.2, -0.15) is 0 Å². The largest absolute Gasteiger partial charge is 0.479 e. The van der Waals surface area contributed by atoms with Gasteiger partial charge in [0.25, 0.3) is 5.60 Å². The third-order valence-corrected chi connectivity index (χ3v) is 2.84. The Morgan fingerprint density at radius 2 is 1.65 bits per heavy atom. The molecule has 7 heteroatoms. The van der Waals surface area contributed by atoms with Crippen LogP contribution in [0.4, 0.5) is 0 Å². The van der Waals surface area contributed by atoms with Crippen LogP contribution < -0.4 is 0 Å². The Bertz CT molecular complexity index is 511. The van der Waals surface area contributed by atoms with Crippen molar-refractivity contribution in [3.63, 3.8) is 0 Å². The first-order valence-corrected chi connectivity index (χ1v) is 5.55. The molecule has 0 aliphatic carbocycles. The van der Waals surface area contributed by atoms with E-state index in [0.717, 1.165) is 14.2 Å². The van der Waals surface area contributed by atoms with E-state index in [1.165, 1.54) is 24.3 Å². The maximum absolute atomic E-state index is 12.4. The van der Waals surface area contributed by atoms with Gasteiger partial charge in [-0.25, -0.2) is 9.59 Å². The first-order chi connectivity index (χ1) is 9.41. The molecule has 7 nitrogen and oxygen atoms in total. The number of carbonyl (C=O) groups is 3. The van der Waals surface area contributed by atoms with Gasteiger partial charge >= 0.3 is 11.9 Å². The zero-order valence-electron chi connectivity index (χ0n) is 10.9. The topological polar surface area (TPSA) is 110 Å². The Kier molecular flexibility index (Phi) is 4.95. The Morgan fingerprint density at radius 3 is 2.00 bits per heavy atom. The normalized spacial score (nSPS) is 15.1. The summed E-state index contributed by atoms with van der Waals surface area (Å²) in [6, 6.07) is 7.43. The van der Waals surface area contributed by atoms with E-state index < -0.39 is 29.4 Å². The highest BCUT2D eigenvalue weighted by atomic mass is 16.6. The van der Waals surface area contributed by atoms with Crippen LogP contribution in [0.5, 0.6) is 0 Å². The Balaban J connectivity index is 3.42. The molecular weight excluding hydrogens is 268 g/mol. The van der Waals surface area contributed by atoms with Crippen LogP contribution in [-0.2, 0) is 19.1 Å². The van der Waals surface area contributed by atoms with E-state index in [9.17, 15) is 19.5 Å². The second-order valence-electron chi connectivity index (χ2n) is 3.89. The number of ketones is 1. The first-order valence-electron chi connectivity index (χ1n) is 5.55. The second-order valence-corrected chi connectivity index (χ2v) is 3.89. The molecule has 0 aliphatic rings. The fourth-order valence-electron chi connectivity index (χ4n) is 1.86. The van der Waals surface area contributed by atoms with Gasteiger partial charge in [0, 0.05) is 19.8 Å². The molecule has 1 aromatic rings. The third kappa shape index (κ3) is 2.54. The summed E-state index contributed by atoms with van der Waals surface area (Å²) in [6.45, 7) is 0. The molecule has 0 spiro atoms. The van der Waals surface area contributed by atoms with Crippen LogP contribution in [0.25, 0.3) is 0 Å². The summed E-state index contributed by atoms with van der Waals surface area (Å²) in [6.07, 6.45) is -1.97. The quantitative estimate of drug-likeness (QED) is 0.551. The number of aliphatic carboxylic acids is 2. The Hall–Kier alpha value is -2.25. The minimum absolute atomic E-state index is 0.0139. The van der Waals surface area contributed by atoms with Crippen molar-refractivity contribution in [1.29, 1.82) is 0 Å². The van der Waals surface area contributed by atoms with E-state index in [0.29, 0.717) is 0 Å². The number of hydrogen-bond donors (Lipinski definition) is 2. The van der Waals surface area contributed by atoms with Crippen LogP contribution in [-0.4, -0.2) is 53.9 Å². The maximum Gasteiger partial charge on any atom is 0.347 e. The van der Waals surface area contributed by atoms with Gasteiger partial charge in [-0.05, 0) is 0 Å². The van der Waals surface area contributed by atoms with Gasteiger partial charge < -0.3 is 19.7 Å². The van der Waals surface area contributed by atoms with Crippen LogP contribution >= 0.6 is 0 Å². The highest BCUT2D eigenvalue weighted by Crippen LogP contribution is 2.25. The van der Waals surface area contributed by atoms with Gasteiger partial charge in [-0.1, -0.05) is 30.3 Å². The van der Waals surface area contributed by atoms with Gasteiger partial charge in [0.2, 0.25) is 11.9 Å². The molecule has 0 saturated carbocycles. The summed E-state index contributed by atoms with van der Waals surface area (Å²) in [5.41, 5.74) is -2.64. The van der Waals surface area contributed by atoms with E-state index >= 15 is 0 Å². The third-order valence-electron chi connectivity index (χ3n) is 2.84. The maximum atomic E-state index is 12.4. The molecule has 2 N–H and O–H groups in total. The summed E-state index contributed by atoms with van der Waals surface area (Å²) < 4.78 is 9.42. The summed E-state index contributed by atoms with van der Waals surface area (Å²) in [5.74, 6) is -4.34. The summed E-state index contributed by atoms with van der Waals surface area (Å²) >= 11 is 0. The van der Waals surface area contributed by atoms with Crippen LogP contribution in [0.1, 0.15) is 10.4 Å². The lowest BCUT2D eigenvalue weighted by atomic mass is 9.87. The fourth-order valence-corrected chi connectivity index (χ4v) is 1.86.